The van der Waals surface area contributed by atoms with Gasteiger partial charge in [-0.3, -0.25) is 4.79 Å². The van der Waals surface area contributed by atoms with Crippen LogP contribution < -0.4 is 5.73 Å². The highest BCUT2D eigenvalue weighted by molar-refractivity contribution is 6.22. The van der Waals surface area contributed by atoms with Gasteiger partial charge in [0.2, 0.25) is 0 Å². The Balaban J connectivity index is 1.79. The number of H-pyrrole nitrogens is 1. The molecule has 0 aliphatic heterocycles. The van der Waals surface area contributed by atoms with Crippen LogP contribution in [0.15, 0.2) is 77.8 Å². The molecule has 4 aromatic rings. The number of carbonyl (C=O) groups excluding carboxylic acids is 1. The summed E-state index contributed by atoms with van der Waals surface area (Å²) in [5.74, 6) is -0.229. The smallest absolute Gasteiger partial charge is 0.310 e. The molecule has 4 N–H and O–H groups in total. The predicted octanol–water partition coefficient (Wildman–Crippen LogP) is 4.73. The van der Waals surface area contributed by atoms with Gasteiger partial charge in [-0.1, -0.05) is 42.5 Å². The molecule has 0 fully saturated rings. The maximum Gasteiger partial charge on any atom is 0.310 e. The van der Waals surface area contributed by atoms with Gasteiger partial charge in [-0.2, -0.15) is 0 Å². The molecule has 0 saturated heterocycles. The molecular weight excluding hydrogens is 390 g/mol. The van der Waals surface area contributed by atoms with E-state index in [9.17, 15) is 9.90 Å². The Hall–Kier alpha value is -4.06. The van der Waals surface area contributed by atoms with Gasteiger partial charge in [-0.05, 0) is 42.8 Å². The zero-order valence-corrected chi connectivity index (χ0v) is 17.1. The lowest BCUT2D eigenvalue weighted by Crippen LogP contribution is -2.07. The minimum atomic E-state index is -0.259. The van der Waals surface area contributed by atoms with E-state index in [2.05, 4.69) is 4.98 Å². The summed E-state index contributed by atoms with van der Waals surface area (Å²) in [5, 5.41) is 11.5. The lowest BCUT2D eigenvalue weighted by atomic mass is 10.0. The van der Waals surface area contributed by atoms with E-state index in [1.807, 2.05) is 66.7 Å². The number of fused-ring (bicyclic) bond motifs is 1. The van der Waals surface area contributed by atoms with Crippen molar-refractivity contribution in [1.82, 2.24) is 4.98 Å². The number of nitrogen functional groups attached to an aromatic ring is 1. The molecule has 0 aliphatic carbocycles. The van der Waals surface area contributed by atoms with Crippen LogP contribution in [-0.2, 0) is 16.0 Å². The van der Waals surface area contributed by atoms with Gasteiger partial charge in [-0.15, -0.1) is 0 Å². The minimum absolute atomic E-state index is 0.0298. The third-order valence-corrected chi connectivity index (χ3v) is 4.92. The van der Waals surface area contributed by atoms with Crippen LogP contribution in [0.3, 0.4) is 0 Å². The number of aromatic hydroxyl groups is 1. The molecule has 6 nitrogen and oxygen atoms in total. The number of anilines is 1. The van der Waals surface area contributed by atoms with Gasteiger partial charge in [0.05, 0.1) is 30.0 Å². The molecule has 31 heavy (non-hydrogen) atoms. The summed E-state index contributed by atoms with van der Waals surface area (Å²) in [6, 6.07) is 22.5. The first-order valence-electron chi connectivity index (χ1n) is 10.0. The Kier molecular flexibility index (Phi) is 5.71. The molecule has 0 aliphatic rings. The van der Waals surface area contributed by atoms with Crippen LogP contribution in [-0.4, -0.2) is 28.4 Å². The Morgan fingerprint density at radius 2 is 1.81 bits per heavy atom. The summed E-state index contributed by atoms with van der Waals surface area (Å²) < 4.78 is 5.00. The average molecular weight is 413 g/mol. The van der Waals surface area contributed by atoms with Gasteiger partial charge in [0.15, 0.2) is 5.88 Å². The van der Waals surface area contributed by atoms with Crippen molar-refractivity contribution in [3.05, 3.63) is 89.5 Å². The van der Waals surface area contributed by atoms with Crippen molar-refractivity contribution in [2.24, 2.45) is 4.99 Å². The number of nitrogens with zero attached hydrogens (tertiary/aromatic N) is 1. The number of esters is 1. The lowest BCUT2D eigenvalue weighted by molar-refractivity contribution is -0.142. The van der Waals surface area contributed by atoms with Gasteiger partial charge in [0, 0.05) is 22.2 Å². The highest BCUT2D eigenvalue weighted by Crippen LogP contribution is 2.32. The van der Waals surface area contributed by atoms with Gasteiger partial charge < -0.3 is 20.6 Å². The van der Waals surface area contributed by atoms with Crippen LogP contribution in [0.5, 0.6) is 5.88 Å². The third kappa shape index (κ3) is 4.43. The zero-order chi connectivity index (χ0) is 21.8. The molecular formula is C25H23N3O3. The Morgan fingerprint density at radius 3 is 2.52 bits per heavy atom. The molecule has 0 unspecified atom stereocenters. The van der Waals surface area contributed by atoms with Crippen LogP contribution in [0, 0.1) is 0 Å². The van der Waals surface area contributed by atoms with Gasteiger partial charge in [0.25, 0.3) is 0 Å². The van der Waals surface area contributed by atoms with E-state index in [1.165, 1.54) is 0 Å². The van der Waals surface area contributed by atoms with Crippen molar-refractivity contribution in [1.29, 1.82) is 0 Å². The molecule has 6 heteroatoms. The molecule has 0 bridgehead atoms. The van der Waals surface area contributed by atoms with Gasteiger partial charge >= 0.3 is 5.97 Å². The highest BCUT2D eigenvalue weighted by atomic mass is 16.5. The standard InChI is InChI=1S/C25H23N3O3/c1-2-31-22(29)14-16-8-11-19(12-9-16)27-24(17-6-4-3-5-7-17)23-20-15-18(26)10-13-21(20)28-25(23)30/h3-13,15,28,30H,2,14,26H2,1H3. The number of hydrogen-bond donors (Lipinski definition) is 3. The van der Waals surface area contributed by atoms with E-state index in [-0.39, 0.29) is 18.3 Å². The largest absolute Gasteiger partial charge is 0.494 e. The maximum atomic E-state index is 11.7. The van der Waals surface area contributed by atoms with Crippen molar-refractivity contribution in [2.75, 3.05) is 12.3 Å². The van der Waals surface area contributed by atoms with E-state index >= 15 is 0 Å². The average Bonchev–Trinajstić information content (AvgIpc) is 3.09. The summed E-state index contributed by atoms with van der Waals surface area (Å²) in [6.45, 7) is 2.15. The molecule has 0 spiro atoms. The Labute approximate surface area is 180 Å². The van der Waals surface area contributed by atoms with Crippen LogP contribution in [0.1, 0.15) is 23.6 Å². The SMILES string of the molecule is CCOC(=O)Cc1ccc(N=C(c2ccccc2)c2c(O)[nH]c3ccc(N)cc23)cc1. The number of ether oxygens (including phenoxy) is 1. The first-order chi connectivity index (χ1) is 15.0. The number of hydrogen-bond acceptors (Lipinski definition) is 5. The van der Waals surface area contributed by atoms with E-state index in [1.54, 1.807) is 13.0 Å². The Bertz CT molecular complexity index is 1240. The van der Waals surface area contributed by atoms with E-state index in [0.29, 0.717) is 29.3 Å². The number of aromatic amines is 1. The monoisotopic (exact) mass is 413 g/mol. The van der Waals surface area contributed by atoms with Crippen LogP contribution in [0.4, 0.5) is 11.4 Å². The second kappa shape index (κ2) is 8.75. The van der Waals surface area contributed by atoms with Crippen molar-refractivity contribution in [3.8, 4) is 5.88 Å². The number of rotatable bonds is 6. The number of aliphatic imine (C=N–C) groups is 1. The fraction of sp³-hybridized carbons (Fsp3) is 0.120. The molecule has 0 radical (unpaired) electrons. The maximum absolute atomic E-state index is 11.7. The molecule has 4 rings (SSSR count). The molecule has 1 aromatic heterocycles. The van der Waals surface area contributed by atoms with E-state index < -0.39 is 0 Å². The lowest BCUT2D eigenvalue weighted by Gasteiger charge is -2.08. The summed E-state index contributed by atoms with van der Waals surface area (Å²) in [5.41, 5.74) is 11.0. The molecule has 3 aromatic carbocycles. The summed E-state index contributed by atoms with van der Waals surface area (Å²) in [7, 11) is 0. The molecule has 0 atom stereocenters. The third-order valence-electron chi connectivity index (χ3n) is 4.92. The topological polar surface area (TPSA) is 101 Å². The van der Waals surface area contributed by atoms with Crippen molar-refractivity contribution >= 4 is 34.0 Å². The van der Waals surface area contributed by atoms with E-state index in [0.717, 1.165) is 22.0 Å². The second-order valence-corrected chi connectivity index (χ2v) is 7.13. The first kappa shape index (κ1) is 20.2. The number of aromatic nitrogens is 1. The molecule has 0 amide bonds. The number of nitrogens with two attached hydrogens (primary N) is 1. The normalized spacial score (nSPS) is 11.6. The predicted molar refractivity (Wildman–Crippen MR) is 123 cm³/mol. The first-order valence-corrected chi connectivity index (χ1v) is 10.0. The fourth-order valence-electron chi connectivity index (χ4n) is 3.49. The number of benzene rings is 3. The minimum Gasteiger partial charge on any atom is -0.494 e. The van der Waals surface area contributed by atoms with Gasteiger partial charge in [0.1, 0.15) is 0 Å². The summed E-state index contributed by atoms with van der Waals surface area (Å²) in [4.78, 5) is 19.6. The zero-order valence-electron chi connectivity index (χ0n) is 17.1. The summed E-state index contributed by atoms with van der Waals surface area (Å²) in [6.07, 6.45) is 0.214. The molecule has 156 valence electrons. The molecule has 1 heterocycles. The van der Waals surface area contributed by atoms with Crippen molar-refractivity contribution in [3.63, 3.8) is 0 Å². The van der Waals surface area contributed by atoms with E-state index in [4.69, 9.17) is 15.5 Å². The summed E-state index contributed by atoms with van der Waals surface area (Å²) >= 11 is 0. The van der Waals surface area contributed by atoms with Crippen LogP contribution in [0.25, 0.3) is 10.9 Å². The quantitative estimate of drug-likeness (QED) is 0.242. The Morgan fingerprint density at radius 1 is 1.06 bits per heavy atom. The highest BCUT2D eigenvalue weighted by Gasteiger charge is 2.18. The van der Waals surface area contributed by atoms with Crippen molar-refractivity contribution < 1.29 is 14.6 Å². The van der Waals surface area contributed by atoms with Crippen LogP contribution in [0.2, 0.25) is 0 Å². The van der Waals surface area contributed by atoms with Crippen molar-refractivity contribution in [2.45, 2.75) is 13.3 Å². The van der Waals surface area contributed by atoms with Gasteiger partial charge in [-0.25, -0.2) is 4.99 Å². The van der Waals surface area contributed by atoms with Crippen LogP contribution >= 0.6 is 0 Å². The number of nitrogens with one attached hydrogen (secondary N) is 1. The second-order valence-electron chi connectivity index (χ2n) is 7.13. The molecule has 0 saturated carbocycles. The number of carbonyl (C=O) groups is 1. The fourth-order valence-corrected chi connectivity index (χ4v) is 3.49.